The number of nitriles is 2. The number of amides is 1. The van der Waals surface area contributed by atoms with Crippen LogP contribution in [-0.4, -0.2) is 29.6 Å². The van der Waals surface area contributed by atoms with Crippen molar-refractivity contribution in [3.63, 3.8) is 0 Å². The molecule has 0 saturated heterocycles. The summed E-state index contributed by atoms with van der Waals surface area (Å²) in [6.07, 6.45) is 3.52. The molecule has 24 heavy (non-hydrogen) atoms. The molecule has 2 aromatic heterocycles. The zero-order valence-electron chi connectivity index (χ0n) is 12.9. The molecule has 2 rings (SSSR count). The van der Waals surface area contributed by atoms with Gasteiger partial charge in [0.1, 0.15) is 23.0 Å². The van der Waals surface area contributed by atoms with E-state index in [0.29, 0.717) is 0 Å². The zero-order valence-corrected chi connectivity index (χ0v) is 12.9. The number of aryl methyl sites for hydroxylation is 1. The van der Waals surface area contributed by atoms with Crippen LogP contribution in [0.3, 0.4) is 0 Å². The van der Waals surface area contributed by atoms with Gasteiger partial charge in [-0.2, -0.15) is 10.5 Å². The number of furan rings is 1. The lowest BCUT2D eigenvalue weighted by Gasteiger charge is -2.05. The van der Waals surface area contributed by atoms with Crippen LogP contribution in [0.4, 0.5) is 0 Å². The summed E-state index contributed by atoms with van der Waals surface area (Å²) >= 11 is 0. The number of nitrogens with one attached hydrogen (secondary N) is 1. The average molecular weight is 326 g/mol. The third-order valence-corrected chi connectivity index (χ3v) is 3.11. The fraction of sp³-hybridized carbons (Fsp3) is 0.250. The molecule has 0 aliphatic rings. The van der Waals surface area contributed by atoms with E-state index in [-0.39, 0.29) is 35.7 Å². The number of rotatable bonds is 6. The lowest BCUT2D eigenvalue weighted by Crippen LogP contribution is -2.29. The van der Waals surface area contributed by atoms with Crippen LogP contribution < -0.4 is 5.32 Å². The first-order chi connectivity index (χ1) is 11.6. The van der Waals surface area contributed by atoms with Crippen LogP contribution in [0.5, 0.6) is 0 Å². The van der Waals surface area contributed by atoms with E-state index in [9.17, 15) is 14.9 Å². The number of carbonyl (C=O) groups is 2. The summed E-state index contributed by atoms with van der Waals surface area (Å²) in [5.74, 6) is -0.902. The van der Waals surface area contributed by atoms with Gasteiger partial charge in [-0.05, 0) is 19.1 Å². The SMILES string of the molecule is Cc1oc(-n2cccc2)c(C#N)c1C(=O)OCC(=O)NCCC#N. The normalized spacial score (nSPS) is 9.79. The highest BCUT2D eigenvalue weighted by atomic mass is 16.5. The van der Waals surface area contributed by atoms with Crippen LogP contribution in [0.2, 0.25) is 0 Å². The molecular weight excluding hydrogens is 312 g/mol. The maximum atomic E-state index is 12.2. The van der Waals surface area contributed by atoms with Gasteiger partial charge in [0, 0.05) is 18.9 Å². The van der Waals surface area contributed by atoms with Gasteiger partial charge < -0.3 is 14.5 Å². The van der Waals surface area contributed by atoms with Crippen LogP contribution in [-0.2, 0) is 9.53 Å². The number of carbonyl (C=O) groups excluding carboxylic acids is 2. The summed E-state index contributed by atoms with van der Waals surface area (Å²) in [6.45, 7) is 1.22. The standard InChI is InChI=1S/C16H14N4O4/c1-11-14(16(22)23-10-13(21)19-6-4-5-17)12(9-18)15(24-11)20-7-2-3-8-20/h2-3,7-8H,4,6,10H2,1H3,(H,19,21). The molecule has 0 aromatic carbocycles. The Hall–Kier alpha value is -3.52. The molecule has 1 N–H and O–H groups in total. The number of hydrogen-bond acceptors (Lipinski definition) is 6. The summed E-state index contributed by atoms with van der Waals surface area (Å²) in [4.78, 5) is 23.7. The molecule has 2 heterocycles. The topological polar surface area (TPSA) is 121 Å². The Morgan fingerprint density at radius 1 is 1.33 bits per heavy atom. The quantitative estimate of drug-likeness (QED) is 0.633. The van der Waals surface area contributed by atoms with Gasteiger partial charge in [-0.1, -0.05) is 0 Å². The van der Waals surface area contributed by atoms with Crippen molar-refractivity contribution in [2.24, 2.45) is 0 Å². The van der Waals surface area contributed by atoms with Gasteiger partial charge in [0.15, 0.2) is 6.61 Å². The van der Waals surface area contributed by atoms with Crippen LogP contribution in [0.1, 0.15) is 28.1 Å². The Morgan fingerprint density at radius 3 is 2.67 bits per heavy atom. The number of esters is 1. The smallest absolute Gasteiger partial charge is 0.343 e. The van der Waals surface area contributed by atoms with Crippen molar-refractivity contribution >= 4 is 11.9 Å². The molecule has 0 aliphatic carbocycles. The first-order valence-electron chi connectivity index (χ1n) is 7.06. The van der Waals surface area contributed by atoms with E-state index in [1.54, 1.807) is 29.1 Å². The molecule has 0 saturated carbocycles. The second-order valence-corrected chi connectivity index (χ2v) is 4.75. The van der Waals surface area contributed by atoms with Crippen molar-refractivity contribution < 1.29 is 18.7 Å². The second-order valence-electron chi connectivity index (χ2n) is 4.75. The number of nitrogens with zero attached hydrogens (tertiary/aromatic N) is 3. The maximum absolute atomic E-state index is 12.2. The molecule has 8 heteroatoms. The van der Waals surface area contributed by atoms with Crippen molar-refractivity contribution in [2.75, 3.05) is 13.2 Å². The predicted octanol–water partition coefficient (Wildman–Crippen LogP) is 1.44. The van der Waals surface area contributed by atoms with Crippen LogP contribution in [0, 0.1) is 29.6 Å². The predicted molar refractivity (Wildman–Crippen MR) is 81.0 cm³/mol. The van der Waals surface area contributed by atoms with Crippen LogP contribution in [0.15, 0.2) is 28.9 Å². The van der Waals surface area contributed by atoms with Gasteiger partial charge in [-0.25, -0.2) is 4.79 Å². The third kappa shape index (κ3) is 3.62. The summed E-state index contributed by atoms with van der Waals surface area (Å²) in [5.41, 5.74) is 0.0320. The number of hydrogen-bond donors (Lipinski definition) is 1. The monoisotopic (exact) mass is 326 g/mol. The van der Waals surface area contributed by atoms with Gasteiger partial charge in [0.2, 0.25) is 5.88 Å². The van der Waals surface area contributed by atoms with Gasteiger partial charge in [-0.15, -0.1) is 0 Å². The molecule has 0 unspecified atom stereocenters. The Kier molecular flexibility index (Phi) is 5.37. The molecule has 1 amide bonds. The van der Waals surface area contributed by atoms with Crippen LogP contribution >= 0.6 is 0 Å². The third-order valence-electron chi connectivity index (χ3n) is 3.11. The summed E-state index contributed by atoms with van der Waals surface area (Å²) in [7, 11) is 0. The maximum Gasteiger partial charge on any atom is 0.343 e. The van der Waals surface area contributed by atoms with Crippen molar-refractivity contribution in [2.45, 2.75) is 13.3 Å². The molecule has 122 valence electrons. The number of aromatic nitrogens is 1. The molecule has 2 aromatic rings. The molecule has 0 spiro atoms. The largest absolute Gasteiger partial charge is 0.452 e. The van der Waals surface area contributed by atoms with E-state index in [4.69, 9.17) is 14.4 Å². The van der Waals surface area contributed by atoms with E-state index in [0.717, 1.165) is 0 Å². The Balaban J connectivity index is 2.12. The van der Waals surface area contributed by atoms with Gasteiger partial charge in [0.05, 0.1) is 12.5 Å². The first-order valence-corrected chi connectivity index (χ1v) is 7.06. The minimum Gasteiger partial charge on any atom is -0.452 e. The Labute approximate surface area is 137 Å². The van der Waals surface area contributed by atoms with E-state index >= 15 is 0 Å². The fourth-order valence-corrected chi connectivity index (χ4v) is 2.04. The summed E-state index contributed by atoms with van der Waals surface area (Å²) < 4.78 is 12.0. The highest BCUT2D eigenvalue weighted by Gasteiger charge is 2.26. The van der Waals surface area contributed by atoms with E-state index < -0.39 is 18.5 Å². The molecule has 0 atom stereocenters. The molecule has 0 fully saturated rings. The Morgan fingerprint density at radius 2 is 2.04 bits per heavy atom. The van der Waals surface area contributed by atoms with Crippen LogP contribution in [0.25, 0.3) is 5.88 Å². The highest BCUT2D eigenvalue weighted by molar-refractivity contribution is 5.95. The lowest BCUT2D eigenvalue weighted by atomic mass is 10.1. The van der Waals surface area contributed by atoms with E-state index in [1.807, 2.05) is 12.1 Å². The van der Waals surface area contributed by atoms with Crippen molar-refractivity contribution in [3.05, 3.63) is 41.4 Å². The number of ether oxygens (including phenoxy) is 1. The lowest BCUT2D eigenvalue weighted by molar-refractivity contribution is -0.124. The molecule has 0 aliphatic heterocycles. The average Bonchev–Trinajstić information content (AvgIpc) is 3.19. The van der Waals surface area contributed by atoms with Crippen molar-refractivity contribution in [3.8, 4) is 18.0 Å². The minimum atomic E-state index is -0.818. The second kappa shape index (κ2) is 7.65. The molecular formula is C16H14N4O4. The minimum absolute atomic E-state index is 0.00831. The van der Waals surface area contributed by atoms with Crippen molar-refractivity contribution in [1.82, 2.24) is 9.88 Å². The molecule has 8 nitrogen and oxygen atoms in total. The van der Waals surface area contributed by atoms with Gasteiger partial charge in [-0.3, -0.25) is 9.36 Å². The summed E-state index contributed by atoms with van der Waals surface area (Å²) in [5, 5.41) is 20.2. The van der Waals surface area contributed by atoms with E-state index in [1.165, 1.54) is 6.92 Å². The highest BCUT2D eigenvalue weighted by Crippen LogP contribution is 2.26. The van der Waals surface area contributed by atoms with E-state index in [2.05, 4.69) is 5.32 Å². The Bertz CT molecular complexity index is 822. The zero-order chi connectivity index (χ0) is 17.5. The summed E-state index contributed by atoms with van der Waals surface area (Å²) in [6, 6.07) is 7.32. The van der Waals surface area contributed by atoms with Crippen molar-refractivity contribution in [1.29, 1.82) is 10.5 Å². The molecule has 0 bridgehead atoms. The molecule has 0 radical (unpaired) electrons. The fourth-order valence-electron chi connectivity index (χ4n) is 2.04. The van der Waals surface area contributed by atoms with Gasteiger partial charge >= 0.3 is 5.97 Å². The van der Waals surface area contributed by atoms with Gasteiger partial charge in [0.25, 0.3) is 5.91 Å². The first kappa shape index (κ1) is 16.8.